The molecule has 0 atom stereocenters. The number of nitrogens with zero attached hydrogens (tertiary/aromatic N) is 3. The lowest BCUT2D eigenvalue weighted by molar-refractivity contribution is 0.238. The van der Waals surface area contributed by atoms with Crippen molar-refractivity contribution in [2.24, 2.45) is 0 Å². The van der Waals surface area contributed by atoms with E-state index >= 15 is 0 Å². The minimum atomic E-state index is -0.334. The zero-order valence-corrected chi connectivity index (χ0v) is 17.8. The van der Waals surface area contributed by atoms with Crippen LogP contribution in [0.5, 0.6) is 17.2 Å². The Balaban J connectivity index is 1.49. The molecular weight excluding hydrogens is 399 g/mol. The number of ether oxygens (including phenoxy) is 3. The van der Waals surface area contributed by atoms with E-state index in [9.17, 15) is 4.39 Å². The van der Waals surface area contributed by atoms with Crippen LogP contribution in [0.25, 0.3) is 0 Å². The Morgan fingerprint density at radius 1 is 1.03 bits per heavy atom. The van der Waals surface area contributed by atoms with Gasteiger partial charge in [-0.3, -0.25) is 4.90 Å². The quantitative estimate of drug-likeness (QED) is 0.616. The molecule has 162 valence electrons. The van der Waals surface area contributed by atoms with Gasteiger partial charge < -0.3 is 19.5 Å². The fourth-order valence-electron chi connectivity index (χ4n) is 3.71. The monoisotopic (exact) mass is 424 g/mol. The molecule has 0 saturated carbocycles. The number of hydrogen-bond acceptors (Lipinski definition) is 7. The number of fused-ring (bicyclic) bond motifs is 1. The van der Waals surface area contributed by atoms with Crippen LogP contribution in [0.3, 0.4) is 0 Å². The molecule has 1 aliphatic rings. The third kappa shape index (κ3) is 4.54. The Hall–Kier alpha value is -3.39. The molecule has 31 heavy (non-hydrogen) atoms. The Kier molecular flexibility index (Phi) is 6.18. The van der Waals surface area contributed by atoms with Gasteiger partial charge in [0.05, 0.1) is 32.7 Å². The summed E-state index contributed by atoms with van der Waals surface area (Å²) in [6, 6.07) is 10.3. The first-order chi connectivity index (χ1) is 15.1. The van der Waals surface area contributed by atoms with E-state index < -0.39 is 0 Å². The summed E-state index contributed by atoms with van der Waals surface area (Å²) in [5, 5.41) is 2.96. The van der Waals surface area contributed by atoms with Gasteiger partial charge >= 0.3 is 0 Å². The summed E-state index contributed by atoms with van der Waals surface area (Å²) in [5.74, 6) is 2.13. The van der Waals surface area contributed by atoms with Crippen LogP contribution in [0.15, 0.2) is 42.6 Å². The first kappa shape index (κ1) is 20.9. The molecule has 7 nitrogen and oxygen atoms in total. The first-order valence-electron chi connectivity index (χ1n) is 9.99. The number of nitrogens with one attached hydrogen (secondary N) is 1. The van der Waals surface area contributed by atoms with Crippen LogP contribution in [0.4, 0.5) is 16.0 Å². The number of halogens is 1. The van der Waals surface area contributed by atoms with Gasteiger partial charge in [0, 0.05) is 49.4 Å². The molecule has 0 saturated heterocycles. The Morgan fingerprint density at radius 3 is 2.52 bits per heavy atom. The van der Waals surface area contributed by atoms with E-state index in [2.05, 4.69) is 20.2 Å². The third-order valence-corrected chi connectivity index (χ3v) is 5.31. The predicted molar refractivity (Wildman–Crippen MR) is 116 cm³/mol. The second kappa shape index (κ2) is 9.18. The van der Waals surface area contributed by atoms with Crippen molar-refractivity contribution >= 4 is 11.6 Å². The molecule has 2 aromatic carbocycles. The maximum absolute atomic E-state index is 13.9. The standard InChI is InChI=1S/C23H25FN4O3/c1-29-20-11-22(31-3)21(30-2)10-15(20)13-28-9-8-18-16(14-28)12-25-23(26-18)27-19-7-5-4-6-17(19)24/h4-7,10-12H,8-9,13-14H2,1-3H3,(H,25,26,27). The summed E-state index contributed by atoms with van der Waals surface area (Å²) < 4.78 is 30.2. The van der Waals surface area contributed by atoms with Crippen LogP contribution >= 0.6 is 0 Å². The third-order valence-electron chi connectivity index (χ3n) is 5.31. The topological polar surface area (TPSA) is 68.7 Å². The normalized spacial score (nSPS) is 13.4. The van der Waals surface area contributed by atoms with E-state index in [4.69, 9.17) is 14.2 Å². The van der Waals surface area contributed by atoms with Gasteiger partial charge in [-0.2, -0.15) is 0 Å². The highest BCUT2D eigenvalue weighted by Crippen LogP contribution is 2.35. The number of benzene rings is 2. The van der Waals surface area contributed by atoms with Gasteiger partial charge in [-0.1, -0.05) is 12.1 Å². The predicted octanol–water partition coefficient (Wildman–Crippen LogP) is 3.94. The molecule has 4 rings (SSSR count). The molecule has 0 spiro atoms. The zero-order chi connectivity index (χ0) is 21.8. The van der Waals surface area contributed by atoms with Gasteiger partial charge in [-0.25, -0.2) is 14.4 Å². The molecule has 1 aliphatic heterocycles. The Morgan fingerprint density at radius 2 is 1.77 bits per heavy atom. The first-order valence-corrected chi connectivity index (χ1v) is 9.99. The van der Waals surface area contributed by atoms with Crippen LogP contribution in [0, 0.1) is 5.82 Å². The summed E-state index contributed by atoms with van der Waals surface area (Å²) in [6.45, 7) is 2.24. The van der Waals surface area contributed by atoms with Gasteiger partial charge in [-0.15, -0.1) is 0 Å². The van der Waals surface area contributed by atoms with E-state index in [1.165, 1.54) is 6.07 Å². The van der Waals surface area contributed by atoms with Gasteiger partial charge in [0.25, 0.3) is 0 Å². The second-order valence-corrected chi connectivity index (χ2v) is 7.25. The van der Waals surface area contributed by atoms with E-state index in [0.717, 1.165) is 35.5 Å². The van der Waals surface area contributed by atoms with E-state index in [-0.39, 0.29) is 5.82 Å². The fraction of sp³-hybridized carbons (Fsp3) is 0.304. The SMILES string of the molecule is COc1cc(OC)c(OC)cc1CN1CCc2nc(Nc3ccccc3F)ncc2C1. The van der Waals surface area contributed by atoms with Gasteiger partial charge in [0.1, 0.15) is 11.6 Å². The number of rotatable bonds is 7. The summed E-state index contributed by atoms with van der Waals surface area (Å²) in [5.41, 5.74) is 3.41. The minimum Gasteiger partial charge on any atom is -0.496 e. The maximum Gasteiger partial charge on any atom is 0.227 e. The van der Waals surface area contributed by atoms with Crippen molar-refractivity contribution < 1.29 is 18.6 Å². The molecule has 2 heterocycles. The van der Waals surface area contributed by atoms with Gasteiger partial charge in [0.2, 0.25) is 5.95 Å². The molecule has 8 heteroatoms. The van der Waals surface area contributed by atoms with Crippen molar-refractivity contribution in [1.82, 2.24) is 14.9 Å². The molecule has 0 aliphatic carbocycles. The lowest BCUT2D eigenvalue weighted by atomic mass is 10.1. The van der Waals surface area contributed by atoms with E-state index in [0.29, 0.717) is 36.2 Å². The lowest BCUT2D eigenvalue weighted by Crippen LogP contribution is -2.31. The highest BCUT2D eigenvalue weighted by molar-refractivity contribution is 5.54. The van der Waals surface area contributed by atoms with Crippen molar-refractivity contribution in [2.45, 2.75) is 19.5 Å². The Labute approximate surface area is 180 Å². The summed E-state index contributed by atoms with van der Waals surface area (Å²) in [7, 11) is 4.87. The van der Waals surface area contributed by atoms with Crippen LogP contribution in [-0.4, -0.2) is 42.7 Å². The highest BCUT2D eigenvalue weighted by atomic mass is 19.1. The molecule has 0 fully saturated rings. The Bertz CT molecular complexity index is 1080. The molecule has 0 unspecified atom stereocenters. The van der Waals surface area contributed by atoms with Crippen LogP contribution in [-0.2, 0) is 19.5 Å². The summed E-state index contributed by atoms with van der Waals surface area (Å²) in [6.07, 6.45) is 2.59. The van der Waals surface area contributed by atoms with Crippen molar-refractivity contribution in [2.75, 3.05) is 33.2 Å². The van der Waals surface area contributed by atoms with Crippen molar-refractivity contribution in [3.05, 3.63) is 65.2 Å². The second-order valence-electron chi connectivity index (χ2n) is 7.25. The minimum absolute atomic E-state index is 0.334. The fourth-order valence-corrected chi connectivity index (χ4v) is 3.71. The van der Waals surface area contributed by atoms with E-state index in [1.807, 2.05) is 18.3 Å². The summed E-state index contributed by atoms with van der Waals surface area (Å²) in [4.78, 5) is 11.3. The largest absolute Gasteiger partial charge is 0.496 e. The average Bonchev–Trinajstić information content (AvgIpc) is 2.80. The molecule has 0 amide bonds. The average molecular weight is 424 g/mol. The number of aromatic nitrogens is 2. The number of methoxy groups -OCH3 is 3. The maximum atomic E-state index is 13.9. The molecule has 1 aromatic heterocycles. The molecular formula is C23H25FN4O3. The number of anilines is 2. The number of para-hydroxylation sites is 1. The molecule has 0 bridgehead atoms. The van der Waals surface area contributed by atoms with Gasteiger partial charge in [0.15, 0.2) is 11.5 Å². The highest BCUT2D eigenvalue weighted by Gasteiger charge is 2.21. The lowest BCUT2D eigenvalue weighted by Gasteiger charge is -2.28. The zero-order valence-electron chi connectivity index (χ0n) is 17.8. The summed E-state index contributed by atoms with van der Waals surface area (Å²) >= 11 is 0. The van der Waals surface area contributed by atoms with Crippen LogP contribution < -0.4 is 19.5 Å². The molecule has 0 radical (unpaired) electrons. The van der Waals surface area contributed by atoms with E-state index in [1.54, 1.807) is 39.5 Å². The van der Waals surface area contributed by atoms with Crippen molar-refractivity contribution in [3.63, 3.8) is 0 Å². The number of hydrogen-bond donors (Lipinski definition) is 1. The smallest absolute Gasteiger partial charge is 0.227 e. The van der Waals surface area contributed by atoms with Crippen molar-refractivity contribution in [1.29, 1.82) is 0 Å². The van der Waals surface area contributed by atoms with Crippen LogP contribution in [0.2, 0.25) is 0 Å². The molecule has 1 N–H and O–H groups in total. The van der Waals surface area contributed by atoms with Gasteiger partial charge in [-0.05, 0) is 18.2 Å². The van der Waals surface area contributed by atoms with Crippen molar-refractivity contribution in [3.8, 4) is 17.2 Å². The van der Waals surface area contributed by atoms with Crippen LogP contribution in [0.1, 0.15) is 16.8 Å². The molecule has 3 aromatic rings.